The number of carbonyl (C=O) groups is 4. The predicted octanol–water partition coefficient (Wildman–Crippen LogP) is 3.91. The van der Waals surface area contributed by atoms with Crippen LogP contribution in [0.25, 0.3) is 0 Å². The molecule has 0 bridgehead atoms. The van der Waals surface area contributed by atoms with Gasteiger partial charge >= 0.3 is 12.1 Å². The first-order chi connectivity index (χ1) is 20.2. The SMILES string of the molecule is COCCOC(=O)COc1ccc(C(=O)[C@H](COC(C)(C)C)NC(=O)c2ccc(C=NNC(=O)OC(C)(C)C)cc2)cc1. The van der Waals surface area contributed by atoms with Crippen molar-refractivity contribution in [2.24, 2.45) is 5.10 Å². The van der Waals surface area contributed by atoms with Crippen LogP contribution in [0, 0.1) is 0 Å². The number of ether oxygens (including phenoxy) is 5. The van der Waals surface area contributed by atoms with Crippen molar-refractivity contribution in [1.29, 1.82) is 0 Å². The van der Waals surface area contributed by atoms with E-state index in [0.29, 0.717) is 22.4 Å². The van der Waals surface area contributed by atoms with E-state index in [0.717, 1.165) is 0 Å². The van der Waals surface area contributed by atoms with E-state index in [1.807, 2.05) is 20.8 Å². The molecule has 234 valence electrons. The molecule has 1 atom stereocenters. The van der Waals surface area contributed by atoms with Crippen LogP contribution in [0.2, 0.25) is 0 Å². The number of hydrogen-bond donors (Lipinski definition) is 2. The number of methoxy groups -OCH3 is 1. The van der Waals surface area contributed by atoms with Crippen LogP contribution in [0.4, 0.5) is 4.79 Å². The fourth-order valence-corrected chi connectivity index (χ4v) is 3.28. The molecular formula is C31H41N3O9. The molecule has 43 heavy (non-hydrogen) atoms. The summed E-state index contributed by atoms with van der Waals surface area (Å²) >= 11 is 0. The molecule has 12 heteroatoms. The molecule has 0 aliphatic rings. The van der Waals surface area contributed by atoms with Crippen molar-refractivity contribution in [2.45, 2.75) is 58.8 Å². The number of rotatable bonds is 14. The fourth-order valence-electron chi connectivity index (χ4n) is 3.28. The molecule has 2 amide bonds. The number of esters is 1. The zero-order chi connectivity index (χ0) is 32.0. The van der Waals surface area contributed by atoms with Gasteiger partial charge in [0.1, 0.15) is 24.0 Å². The first-order valence-electron chi connectivity index (χ1n) is 13.7. The molecule has 12 nitrogen and oxygen atoms in total. The van der Waals surface area contributed by atoms with Gasteiger partial charge in [-0.1, -0.05) is 12.1 Å². The van der Waals surface area contributed by atoms with E-state index in [-0.39, 0.29) is 32.2 Å². The zero-order valence-electron chi connectivity index (χ0n) is 25.7. The second-order valence-corrected chi connectivity index (χ2v) is 11.3. The first-order valence-corrected chi connectivity index (χ1v) is 13.7. The number of ketones is 1. The number of hydrogen-bond acceptors (Lipinski definition) is 10. The molecule has 0 aromatic heterocycles. The highest BCUT2D eigenvalue weighted by molar-refractivity contribution is 6.04. The zero-order valence-corrected chi connectivity index (χ0v) is 25.7. The third kappa shape index (κ3) is 14.0. The fraction of sp³-hybridized carbons (Fsp3) is 0.452. The minimum atomic E-state index is -0.978. The van der Waals surface area contributed by atoms with E-state index < -0.39 is 35.2 Å². The normalized spacial score (nSPS) is 12.3. The Labute approximate surface area is 252 Å². The molecule has 0 fully saturated rings. The van der Waals surface area contributed by atoms with Crippen LogP contribution in [-0.2, 0) is 23.7 Å². The Morgan fingerprint density at radius 2 is 1.49 bits per heavy atom. The summed E-state index contributed by atoms with van der Waals surface area (Å²) in [5.41, 5.74) is 2.34. The predicted molar refractivity (Wildman–Crippen MR) is 159 cm³/mol. The minimum Gasteiger partial charge on any atom is -0.482 e. The molecule has 0 saturated heterocycles. The molecule has 0 saturated carbocycles. The third-order valence-corrected chi connectivity index (χ3v) is 5.29. The standard InChI is InChI=1S/C31H41N3O9/c1-30(2,3)42-19-25(27(36)22-12-14-24(15-13-22)41-20-26(35)40-17-16-39-7)33-28(37)23-10-8-21(9-11-23)18-32-34-29(38)43-31(4,5)6/h8-15,18,25H,16-17,19-20H2,1-7H3,(H,33,37)(H,34,38)/t25-/m0/s1. The highest BCUT2D eigenvalue weighted by Gasteiger charge is 2.25. The van der Waals surface area contributed by atoms with Gasteiger partial charge in [-0.15, -0.1) is 0 Å². The Balaban J connectivity index is 2.04. The Bertz CT molecular complexity index is 1250. The van der Waals surface area contributed by atoms with Gasteiger partial charge in [0.15, 0.2) is 12.4 Å². The highest BCUT2D eigenvalue weighted by Crippen LogP contribution is 2.16. The van der Waals surface area contributed by atoms with Crippen molar-refractivity contribution < 1.29 is 42.9 Å². The lowest BCUT2D eigenvalue weighted by Gasteiger charge is -2.24. The molecule has 2 N–H and O–H groups in total. The number of nitrogens with zero attached hydrogens (tertiary/aromatic N) is 1. The number of hydrazone groups is 1. The number of benzene rings is 2. The van der Waals surface area contributed by atoms with Crippen LogP contribution in [-0.4, -0.2) is 80.7 Å². The molecule has 0 unspecified atom stereocenters. The molecular weight excluding hydrogens is 558 g/mol. The number of nitrogens with one attached hydrogen (secondary N) is 2. The van der Waals surface area contributed by atoms with Gasteiger partial charge in [0, 0.05) is 18.2 Å². The maximum atomic E-state index is 13.4. The quantitative estimate of drug-likeness (QED) is 0.108. The van der Waals surface area contributed by atoms with E-state index in [1.54, 1.807) is 69.3 Å². The molecule has 2 rings (SSSR count). The van der Waals surface area contributed by atoms with E-state index in [4.69, 9.17) is 23.7 Å². The third-order valence-electron chi connectivity index (χ3n) is 5.29. The molecule has 0 spiro atoms. The first kappa shape index (κ1) is 34.9. The van der Waals surface area contributed by atoms with Crippen LogP contribution in [0.5, 0.6) is 5.75 Å². The van der Waals surface area contributed by atoms with Crippen molar-refractivity contribution in [3.63, 3.8) is 0 Å². The number of amides is 2. The summed E-state index contributed by atoms with van der Waals surface area (Å²) in [6, 6.07) is 11.6. The van der Waals surface area contributed by atoms with Gasteiger partial charge < -0.3 is 29.0 Å². The lowest BCUT2D eigenvalue weighted by molar-refractivity contribution is -0.147. The smallest absolute Gasteiger partial charge is 0.428 e. The topological polar surface area (TPSA) is 151 Å². The molecule has 2 aromatic rings. The number of Topliss-reactive ketones (excluding diaryl/α,β-unsaturated/α-hetero) is 1. The van der Waals surface area contributed by atoms with Gasteiger partial charge in [-0.05, 0) is 83.5 Å². The maximum absolute atomic E-state index is 13.4. The average Bonchev–Trinajstić information content (AvgIpc) is 2.93. The second-order valence-electron chi connectivity index (χ2n) is 11.3. The van der Waals surface area contributed by atoms with Crippen LogP contribution in [0.15, 0.2) is 53.6 Å². The monoisotopic (exact) mass is 599 g/mol. The van der Waals surface area contributed by atoms with Crippen molar-refractivity contribution >= 4 is 30.0 Å². The lowest BCUT2D eigenvalue weighted by Crippen LogP contribution is -2.45. The van der Waals surface area contributed by atoms with Gasteiger partial charge in [0.25, 0.3) is 5.91 Å². The van der Waals surface area contributed by atoms with Gasteiger partial charge in [0.2, 0.25) is 0 Å². The summed E-state index contributed by atoms with van der Waals surface area (Å²) in [6.45, 7) is 10.8. The summed E-state index contributed by atoms with van der Waals surface area (Å²) in [5, 5.41) is 6.61. The van der Waals surface area contributed by atoms with Gasteiger partial charge in [-0.3, -0.25) is 9.59 Å². The van der Waals surface area contributed by atoms with Gasteiger partial charge in [-0.25, -0.2) is 15.0 Å². The Kier molecular flexibility index (Phi) is 13.3. The Hall–Kier alpha value is -4.29. The van der Waals surface area contributed by atoms with Crippen molar-refractivity contribution in [3.05, 3.63) is 65.2 Å². The summed E-state index contributed by atoms with van der Waals surface area (Å²) in [6.07, 6.45) is 0.723. The summed E-state index contributed by atoms with van der Waals surface area (Å²) in [4.78, 5) is 49.9. The van der Waals surface area contributed by atoms with E-state index in [2.05, 4.69) is 15.8 Å². The van der Waals surface area contributed by atoms with Crippen LogP contribution in [0.1, 0.15) is 67.8 Å². The molecule has 2 aromatic carbocycles. The molecule has 0 aliphatic carbocycles. The second kappa shape index (κ2) is 16.4. The van der Waals surface area contributed by atoms with Gasteiger partial charge in [0.05, 0.1) is 25.0 Å². The van der Waals surface area contributed by atoms with E-state index in [9.17, 15) is 19.2 Å². The summed E-state index contributed by atoms with van der Waals surface area (Å²) in [5.74, 6) is -1.01. The van der Waals surface area contributed by atoms with Crippen LogP contribution < -0.4 is 15.5 Å². The maximum Gasteiger partial charge on any atom is 0.428 e. The van der Waals surface area contributed by atoms with Crippen molar-refractivity contribution in [1.82, 2.24) is 10.7 Å². The summed E-state index contributed by atoms with van der Waals surface area (Å²) in [7, 11) is 1.50. The lowest BCUT2D eigenvalue weighted by atomic mass is 10.0. The molecule has 0 heterocycles. The van der Waals surface area contributed by atoms with Crippen LogP contribution >= 0.6 is 0 Å². The van der Waals surface area contributed by atoms with E-state index in [1.165, 1.54) is 13.3 Å². The average molecular weight is 600 g/mol. The minimum absolute atomic E-state index is 0.0548. The van der Waals surface area contributed by atoms with Crippen LogP contribution in [0.3, 0.4) is 0 Å². The van der Waals surface area contributed by atoms with Gasteiger partial charge in [-0.2, -0.15) is 5.10 Å². The Morgan fingerprint density at radius 1 is 0.860 bits per heavy atom. The number of carbonyl (C=O) groups excluding carboxylic acids is 4. The Morgan fingerprint density at radius 3 is 2.07 bits per heavy atom. The van der Waals surface area contributed by atoms with Crippen molar-refractivity contribution in [2.75, 3.05) is 33.5 Å². The van der Waals surface area contributed by atoms with E-state index >= 15 is 0 Å². The summed E-state index contributed by atoms with van der Waals surface area (Å²) < 4.78 is 26.1. The van der Waals surface area contributed by atoms with Crippen molar-refractivity contribution in [3.8, 4) is 5.75 Å². The largest absolute Gasteiger partial charge is 0.482 e. The highest BCUT2D eigenvalue weighted by atomic mass is 16.6. The molecule has 0 aliphatic heterocycles. The molecule has 0 radical (unpaired) electrons.